The summed E-state index contributed by atoms with van der Waals surface area (Å²) in [5, 5.41) is 9.73. The summed E-state index contributed by atoms with van der Waals surface area (Å²) in [6.45, 7) is 4.95. The van der Waals surface area contributed by atoms with Gasteiger partial charge in [-0.1, -0.05) is 6.07 Å². The van der Waals surface area contributed by atoms with Crippen LogP contribution in [-0.2, 0) is 6.54 Å². The summed E-state index contributed by atoms with van der Waals surface area (Å²) in [7, 11) is 0. The highest BCUT2D eigenvalue weighted by Crippen LogP contribution is 2.36. The molecule has 6 heteroatoms. The Labute approximate surface area is 170 Å². The Kier molecular flexibility index (Phi) is 5.15. The third-order valence-electron chi connectivity index (χ3n) is 6.06. The molecule has 3 N–H and O–H groups in total. The number of amides is 1. The number of nitrogens with one attached hydrogen (secondary N) is 1. The van der Waals surface area contributed by atoms with E-state index in [4.69, 9.17) is 11.1 Å². The second-order valence-electron chi connectivity index (χ2n) is 7.99. The zero-order valence-electron chi connectivity index (χ0n) is 16.6. The molecule has 0 saturated heterocycles. The first-order chi connectivity index (χ1) is 13.5. The number of hydrogen-bond acceptors (Lipinski definition) is 4. The Balaban J connectivity index is 1.61. The zero-order valence-corrected chi connectivity index (χ0v) is 17.4. The molecule has 4 rings (SSSR count). The molecule has 0 aromatic carbocycles. The van der Waals surface area contributed by atoms with Crippen LogP contribution in [0.15, 0.2) is 34.8 Å². The maximum atomic E-state index is 13.6. The third-order valence-corrected chi connectivity index (χ3v) is 6.92. The predicted molar refractivity (Wildman–Crippen MR) is 114 cm³/mol. The van der Waals surface area contributed by atoms with Crippen molar-refractivity contribution in [2.75, 3.05) is 0 Å². The van der Waals surface area contributed by atoms with Gasteiger partial charge in [-0.2, -0.15) is 0 Å². The number of nitrogens with two attached hydrogens (primary N) is 1. The molecule has 28 heavy (non-hydrogen) atoms. The highest BCUT2D eigenvalue weighted by molar-refractivity contribution is 7.09. The van der Waals surface area contributed by atoms with Crippen LogP contribution in [-0.4, -0.2) is 33.7 Å². The molecule has 1 unspecified atom stereocenters. The van der Waals surface area contributed by atoms with Crippen LogP contribution in [0.4, 0.5) is 0 Å². The maximum absolute atomic E-state index is 13.6. The molecule has 2 aromatic rings. The van der Waals surface area contributed by atoms with E-state index in [-0.39, 0.29) is 11.9 Å². The van der Waals surface area contributed by atoms with Crippen LogP contribution < -0.4 is 5.73 Å². The van der Waals surface area contributed by atoms with Crippen molar-refractivity contribution in [3.8, 4) is 0 Å². The topological polar surface area (TPSA) is 75.1 Å². The van der Waals surface area contributed by atoms with Crippen LogP contribution >= 0.6 is 11.3 Å². The van der Waals surface area contributed by atoms with Crippen LogP contribution in [0.5, 0.6) is 0 Å². The number of carbonyl (C=O) groups is 1. The van der Waals surface area contributed by atoms with Crippen molar-refractivity contribution in [1.29, 1.82) is 5.41 Å². The molecule has 5 nitrogen and oxygen atoms in total. The van der Waals surface area contributed by atoms with Gasteiger partial charge in [0, 0.05) is 40.3 Å². The van der Waals surface area contributed by atoms with Crippen LogP contribution in [0, 0.1) is 19.3 Å². The van der Waals surface area contributed by atoms with Gasteiger partial charge in [-0.05, 0) is 69.0 Å². The van der Waals surface area contributed by atoms with Gasteiger partial charge in [-0.25, -0.2) is 0 Å². The van der Waals surface area contributed by atoms with Crippen LogP contribution in [0.3, 0.4) is 0 Å². The molecular formula is C22H28N4OS. The summed E-state index contributed by atoms with van der Waals surface area (Å²) in [6, 6.07) is 6.73. The second-order valence-corrected chi connectivity index (χ2v) is 9.02. The Hall–Kier alpha value is -2.34. The van der Waals surface area contributed by atoms with Crippen molar-refractivity contribution < 1.29 is 4.79 Å². The minimum atomic E-state index is 0.142. The summed E-state index contributed by atoms with van der Waals surface area (Å²) in [4.78, 5) is 17.0. The average Bonchev–Trinajstić information content (AvgIpc) is 3.30. The molecule has 148 valence electrons. The number of rotatable bonds is 6. The van der Waals surface area contributed by atoms with E-state index in [1.54, 1.807) is 11.3 Å². The standard InChI is InChI=1S/C22H28N4OS/c1-14-10-20(15(2)25(14)13-19-4-3-9-28-19)22(27)26(17-5-6-17)18-7-8-21(24)16(11-18)12-23/h3-4,9-10,12,17-18,23H,5-8,11,13,24H2,1-2H3. The zero-order chi connectivity index (χ0) is 19.8. The van der Waals surface area contributed by atoms with E-state index in [1.807, 2.05) is 6.07 Å². The number of aryl methyl sites for hydroxylation is 1. The quantitative estimate of drug-likeness (QED) is 0.717. The summed E-state index contributed by atoms with van der Waals surface area (Å²) in [6.07, 6.45) is 5.88. The van der Waals surface area contributed by atoms with Crippen molar-refractivity contribution in [3.05, 3.63) is 56.7 Å². The lowest BCUT2D eigenvalue weighted by molar-refractivity contribution is 0.0644. The maximum Gasteiger partial charge on any atom is 0.256 e. The van der Waals surface area contributed by atoms with Gasteiger partial charge >= 0.3 is 0 Å². The van der Waals surface area contributed by atoms with Crippen molar-refractivity contribution in [2.45, 2.75) is 64.6 Å². The summed E-state index contributed by atoms with van der Waals surface area (Å²) < 4.78 is 2.24. The third kappa shape index (κ3) is 3.53. The first-order valence-corrected chi connectivity index (χ1v) is 10.9. The number of nitrogens with zero attached hydrogens (tertiary/aromatic N) is 2. The minimum Gasteiger partial charge on any atom is -0.402 e. The number of allylic oxidation sites excluding steroid dienone is 1. The van der Waals surface area contributed by atoms with Gasteiger partial charge in [0.1, 0.15) is 0 Å². The largest absolute Gasteiger partial charge is 0.402 e. The van der Waals surface area contributed by atoms with E-state index < -0.39 is 0 Å². The first-order valence-electron chi connectivity index (χ1n) is 9.99. The monoisotopic (exact) mass is 396 g/mol. The van der Waals surface area contributed by atoms with Crippen LogP contribution in [0.1, 0.15) is 58.7 Å². The van der Waals surface area contributed by atoms with Crippen molar-refractivity contribution >= 4 is 23.5 Å². The SMILES string of the molecule is Cc1cc(C(=O)N(C2CC2)C2CCC(N)=C(C=N)C2)c(C)n1Cc1cccs1. The Morgan fingerprint density at radius 1 is 1.36 bits per heavy atom. The molecule has 2 aromatic heterocycles. The van der Waals surface area contributed by atoms with E-state index in [0.717, 1.165) is 60.4 Å². The van der Waals surface area contributed by atoms with E-state index in [9.17, 15) is 4.79 Å². The average molecular weight is 397 g/mol. The van der Waals surface area contributed by atoms with Crippen molar-refractivity contribution in [2.24, 2.45) is 5.73 Å². The lowest BCUT2D eigenvalue weighted by Crippen LogP contribution is -2.44. The fourth-order valence-corrected chi connectivity index (χ4v) is 4.99. The van der Waals surface area contributed by atoms with Gasteiger partial charge < -0.3 is 20.6 Å². The molecule has 1 saturated carbocycles. The molecule has 2 aliphatic carbocycles. The molecule has 2 aliphatic rings. The van der Waals surface area contributed by atoms with Crippen LogP contribution in [0.2, 0.25) is 0 Å². The molecule has 1 amide bonds. The van der Waals surface area contributed by atoms with E-state index >= 15 is 0 Å². The molecule has 0 spiro atoms. The number of hydrogen-bond donors (Lipinski definition) is 2. The lowest BCUT2D eigenvalue weighted by Gasteiger charge is -2.35. The van der Waals surface area contributed by atoms with Gasteiger partial charge in [0.25, 0.3) is 5.91 Å². The van der Waals surface area contributed by atoms with Crippen LogP contribution in [0.25, 0.3) is 0 Å². The van der Waals surface area contributed by atoms with Gasteiger partial charge in [0.2, 0.25) is 0 Å². The highest BCUT2D eigenvalue weighted by atomic mass is 32.1. The van der Waals surface area contributed by atoms with E-state index in [0.29, 0.717) is 12.5 Å². The molecule has 1 atom stereocenters. The number of aromatic nitrogens is 1. The van der Waals surface area contributed by atoms with E-state index in [2.05, 4.69) is 40.8 Å². The van der Waals surface area contributed by atoms with Gasteiger partial charge in [0.05, 0.1) is 12.1 Å². The smallest absolute Gasteiger partial charge is 0.256 e. The number of thiophene rings is 1. The fourth-order valence-electron chi connectivity index (χ4n) is 4.30. The number of carbonyl (C=O) groups excluding carboxylic acids is 1. The molecule has 0 bridgehead atoms. The minimum absolute atomic E-state index is 0.142. The van der Waals surface area contributed by atoms with Gasteiger partial charge in [-0.15, -0.1) is 11.3 Å². The van der Waals surface area contributed by atoms with Gasteiger partial charge in [0.15, 0.2) is 0 Å². The Morgan fingerprint density at radius 2 is 2.14 bits per heavy atom. The second kappa shape index (κ2) is 7.59. The fraction of sp³-hybridized carbons (Fsp3) is 0.455. The molecule has 1 fully saturated rings. The summed E-state index contributed by atoms with van der Waals surface area (Å²) in [5.74, 6) is 0.142. The predicted octanol–water partition coefficient (Wildman–Crippen LogP) is 4.23. The first kappa shape index (κ1) is 19.0. The molecule has 2 heterocycles. The Bertz CT molecular complexity index is 921. The lowest BCUT2D eigenvalue weighted by atomic mass is 9.91. The van der Waals surface area contributed by atoms with Crippen molar-refractivity contribution in [1.82, 2.24) is 9.47 Å². The Morgan fingerprint density at radius 3 is 2.79 bits per heavy atom. The van der Waals surface area contributed by atoms with Gasteiger partial charge in [-0.3, -0.25) is 4.79 Å². The molecular weight excluding hydrogens is 368 g/mol. The summed E-state index contributed by atoms with van der Waals surface area (Å²) >= 11 is 1.75. The van der Waals surface area contributed by atoms with Crippen molar-refractivity contribution in [3.63, 3.8) is 0 Å². The van der Waals surface area contributed by atoms with E-state index in [1.165, 1.54) is 11.1 Å². The normalized spacial score (nSPS) is 19.7. The molecule has 0 radical (unpaired) electrons. The highest BCUT2D eigenvalue weighted by Gasteiger charge is 2.39. The molecule has 0 aliphatic heterocycles. The summed E-state index contributed by atoms with van der Waals surface area (Å²) in [5.41, 5.74) is 10.7.